The lowest BCUT2D eigenvalue weighted by Crippen LogP contribution is -2.42. The van der Waals surface area contributed by atoms with Crippen LogP contribution in [0.2, 0.25) is 0 Å². The van der Waals surface area contributed by atoms with Crippen LogP contribution >= 0.6 is 22.6 Å². The first-order valence-corrected chi connectivity index (χ1v) is 15.9. The summed E-state index contributed by atoms with van der Waals surface area (Å²) in [5, 5.41) is 5.94. The van der Waals surface area contributed by atoms with Gasteiger partial charge >= 0.3 is 0 Å². The van der Waals surface area contributed by atoms with E-state index in [2.05, 4.69) is 92.0 Å². The number of halogens is 1. The van der Waals surface area contributed by atoms with Crippen molar-refractivity contribution >= 4 is 44.9 Å². The summed E-state index contributed by atoms with van der Waals surface area (Å²) in [7, 11) is 0. The van der Waals surface area contributed by atoms with E-state index < -0.39 is 5.92 Å². The zero-order valence-electron chi connectivity index (χ0n) is 25.0. The number of ether oxygens (including phenoxy) is 2. The van der Waals surface area contributed by atoms with Gasteiger partial charge in [-0.2, -0.15) is 0 Å². The molecule has 0 amide bonds. The van der Waals surface area contributed by atoms with Crippen LogP contribution in [0.15, 0.2) is 77.1 Å². The molecular weight excluding hydrogens is 637 g/mol. The highest BCUT2D eigenvalue weighted by molar-refractivity contribution is 14.1. The predicted molar refractivity (Wildman–Crippen MR) is 175 cm³/mol. The fourth-order valence-corrected chi connectivity index (χ4v) is 7.73. The van der Waals surface area contributed by atoms with Crippen molar-refractivity contribution in [1.82, 2.24) is 5.32 Å². The number of carbonyl (C=O) groups excluding carboxylic acids is 2. The molecule has 6 heteroatoms. The molecule has 5 nitrogen and oxygen atoms in total. The molecule has 0 saturated heterocycles. The minimum atomic E-state index is -0.414. The largest absolute Gasteiger partial charge is 0.490 e. The minimum absolute atomic E-state index is 0.118. The summed E-state index contributed by atoms with van der Waals surface area (Å²) in [6.07, 6.45) is 2.48. The van der Waals surface area contributed by atoms with Gasteiger partial charge in [0.15, 0.2) is 23.1 Å². The number of ketones is 2. The van der Waals surface area contributed by atoms with E-state index in [0.29, 0.717) is 37.6 Å². The van der Waals surface area contributed by atoms with Crippen molar-refractivity contribution < 1.29 is 19.1 Å². The number of hydrogen-bond acceptors (Lipinski definition) is 5. The summed E-state index contributed by atoms with van der Waals surface area (Å²) in [6, 6.07) is 18.6. The van der Waals surface area contributed by atoms with E-state index in [1.165, 1.54) is 5.39 Å². The number of nitrogens with one attached hydrogen (secondary N) is 1. The highest BCUT2D eigenvalue weighted by Gasteiger charge is 2.46. The van der Waals surface area contributed by atoms with Crippen molar-refractivity contribution in [3.05, 3.63) is 91.8 Å². The molecule has 1 N–H and O–H groups in total. The van der Waals surface area contributed by atoms with Crippen molar-refractivity contribution in [1.29, 1.82) is 0 Å². The monoisotopic (exact) mass is 675 g/mol. The van der Waals surface area contributed by atoms with Gasteiger partial charge < -0.3 is 14.8 Å². The number of carbonyl (C=O) groups is 2. The highest BCUT2D eigenvalue weighted by Crippen LogP contribution is 2.52. The molecule has 218 valence electrons. The Hall–Kier alpha value is -3.13. The molecule has 0 spiro atoms. The number of benzene rings is 3. The molecule has 3 aromatic rings. The van der Waals surface area contributed by atoms with Crippen LogP contribution in [-0.2, 0) is 16.2 Å². The van der Waals surface area contributed by atoms with Crippen molar-refractivity contribution in [2.45, 2.75) is 72.8 Å². The molecular formula is C36H38INO4. The molecule has 0 radical (unpaired) electrons. The van der Waals surface area contributed by atoms with Crippen molar-refractivity contribution in [3.63, 3.8) is 0 Å². The summed E-state index contributed by atoms with van der Waals surface area (Å²) in [5.41, 5.74) is 5.15. The lowest BCUT2D eigenvalue weighted by molar-refractivity contribution is -0.119. The Kier molecular flexibility index (Phi) is 7.49. The van der Waals surface area contributed by atoms with Crippen LogP contribution in [0.4, 0.5) is 0 Å². The Morgan fingerprint density at radius 1 is 0.833 bits per heavy atom. The highest BCUT2D eigenvalue weighted by atomic mass is 127. The van der Waals surface area contributed by atoms with Gasteiger partial charge in [-0.25, -0.2) is 0 Å². The Morgan fingerprint density at radius 3 is 2.10 bits per heavy atom. The Bertz CT molecular complexity index is 1620. The molecule has 0 bridgehead atoms. The van der Waals surface area contributed by atoms with Gasteiger partial charge in [0.1, 0.15) is 6.61 Å². The number of hydrogen-bond donors (Lipinski definition) is 1. The van der Waals surface area contributed by atoms with Gasteiger partial charge in [0.25, 0.3) is 0 Å². The minimum Gasteiger partial charge on any atom is -0.490 e. The van der Waals surface area contributed by atoms with E-state index in [-0.39, 0.29) is 22.4 Å². The lowest BCUT2D eigenvalue weighted by Gasteiger charge is -2.44. The van der Waals surface area contributed by atoms with E-state index >= 15 is 0 Å². The average Bonchev–Trinajstić information content (AvgIpc) is 2.90. The quantitative estimate of drug-likeness (QED) is 0.266. The van der Waals surface area contributed by atoms with Gasteiger partial charge in [0, 0.05) is 41.3 Å². The van der Waals surface area contributed by atoms with Gasteiger partial charge in [0.05, 0.1) is 10.2 Å². The van der Waals surface area contributed by atoms with Gasteiger partial charge in [-0.1, -0.05) is 70.2 Å². The summed E-state index contributed by atoms with van der Waals surface area (Å²) >= 11 is 2.30. The van der Waals surface area contributed by atoms with E-state index in [9.17, 15) is 9.59 Å². The zero-order chi connectivity index (χ0) is 29.8. The molecule has 0 atom stereocenters. The fourth-order valence-electron chi connectivity index (χ4n) is 6.95. The maximum Gasteiger partial charge on any atom is 0.174 e. The summed E-state index contributed by atoms with van der Waals surface area (Å²) in [4.78, 5) is 27.6. The molecule has 0 fully saturated rings. The third-order valence-corrected chi connectivity index (χ3v) is 9.44. The van der Waals surface area contributed by atoms with E-state index in [4.69, 9.17) is 9.47 Å². The van der Waals surface area contributed by atoms with E-state index in [1.807, 2.05) is 25.1 Å². The molecule has 3 aromatic carbocycles. The second kappa shape index (κ2) is 10.9. The number of allylic oxidation sites excluding steroid dienone is 4. The van der Waals surface area contributed by atoms with Crippen LogP contribution in [0.3, 0.4) is 0 Å². The topological polar surface area (TPSA) is 64.6 Å². The molecule has 0 saturated carbocycles. The molecule has 42 heavy (non-hydrogen) atoms. The Labute approximate surface area is 261 Å². The maximum absolute atomic E-state index is 13.8. The summed E-state index contributed by atoms with van der Waals surface area (Å²) in [5.74, 6) is 1.14. The number of Topliss-reactive ketones (excluding diaryl/α,β-unsaturated/α-hetero) is 2. The van der Waals surface area contributed by atoms with Crippen molar-refractivity contribution in [3.8, 4) is 11.5 Å². The smallest absolute Gasteiger partial charge is 0.174 e. The van der Waals surface area contributed by atoms with Gasteiger partial charge in [-0.05, 0) is 87.2 Å². The van der Waals surface area contributed by atoms with Gasteiger partial charge in [-0.3, -0.25) is 9.59 Å². The molecule has 1 aliphatic heterocycles. The van der Waals surface area contributed by atoms with Gasteiger partial charge in [-0.15, -0.1) is 0 Å². The fraction of sp³-hybridized carbons (Fsp3) is 0.389. The van der Waals surface area contributed by atoms with Crippen LogP contribution in [0.5, 0.6) is 11.5 Å². The van der Waals surface area contributed by atoms with E-state index in [1.54, 1.807) is 0 Å². The Balaban J connectivity index is 1.44. The standard InChI is InChI=1S/C36H38INO4/c1-6-41-30-15-23(14-25(37)34(30)42-20-22-12-9-11-21-10-7-8-13-24(21)22)31-32-26(16-35(2,3)18-28(32)39)38-27-17-36(4,5)19-29(40)33(27)31/h7-15,31,38H,6,16-20H2,1-5H3. The average molecular weight is 676 g/mol. The molecule has 6 rings (SSSR count). The lowest BCUT2D eigenvalue weighted by atomic mass is 9.64. The third kappa shape index (κ3) is 5.38. The molecule has 1 heterocycles. The second-order valence-corrected chi connectivity index (χ2v) is 14.6. The first-order chi connectivity index (χ1) is 20.0. The SMILES string of the molecule is CCOc1cc(C2C3=C(CC(C)(C)CC3=O)NC3=C2C(=O)CC(C)(C)C3)cc(I)c1OCc1cccc2ccccc12. The van der Waals surface area contributed by atoms with Gasteiger partial charge in [0.2, 0.25) is 0 Å². The molecule has 2 aliphatic carbocycles. The molecule has 0 aromatic heterocycles. The number of rotatable bonds is 6. The van der Waals surface area contributed by atoms with Crippen molar-refractivity contribution in [2.24, 2.45) is 10.8 Å². The second-order valence-electron chi connectivity index (χ2n) is 13.4. The van der Waals surface area contributed by atoms with Crippen LogP contribution < -0.4 is 14.8 Å². The van der Waals surface area contributed by atoms with Crippen LogP contribution in [0.25, 0.3) is 10.8 Å². The van der Waals surface area contributed by atoms with Crippen LogP contribution in [0, 0.1) is 14.4 Å². The zero-order valence-corrected chi connectivity index (χ0v) is 27.2. The normalized spacial score (nSPS) is 19.9. The van der Waals surface area contributed by atoms with Crippen molar-refractivity contribution in [2.75, 3.05) is 6.61 Å². The summed E-state index contributed by atoms with van der Waals surface area (Å²) in [6.45, 7) is 11.4. The van der Waals surface area contributed by atoms with Crippen LogP contribution in [0.1, 0.15) is 77.3 Å². The third-order valence-electron chi connectivity index (χ3n) is 8.64. The van der Waals surface area contributed by atoms with E-state index in [0.717, 1.165) is 55.5 Å². The summed E-state index contributed by atoms with van der Waals surface area (Å²) < 4.78 is 13.5. The molecule has 0 unspecified atom stereocenters. The Morgan fingerprint density at radius 2 is 1.45 bits per heavy atom. The van der Waals surface area contributed by atoms with Crippen LogP contribution in [-0.4, -0.2) is 18.2 Å². The predicted octanol–water partition coefficient (Wildman–Crippen LogP) is 8.40. The number of fused-ring (bicyclic) bond motifs is 1. The molecule has 3 aliphatic rings. The first kappa shape index (κ1) is 29.0. The maximum atomic E-state index is 13.8. The number of dihydropyridines is 1. The first-order valence-electron chi connectivity index (χ1n) is 14.8.